The minimum atomic E-state index is -0.422. The van der Waals surface area contributed by atoms with E-state index in [4.69, 9.17) is 11.6 Å². The largest absolute Gasteiger partial charge is 0.345 e. The molecule has 1 aromatic heterocycles. The normalized spacial score (nSPS) is 10.3. The molecule has 1 N–H and O–H groups in total. The predicted molar refractivity (Wildman–Crippen MR) is 49.0 cm³/mol. The molecule has 4 heteroatoms. The highest BCUT2D eigenvalue weighted by Gasteiger charge is 2.03. The van der Waals surface area contributed by atoms with Crippen LogP contribution in [0.15, 0.2) is 30.7 Å². The number of aromatic amines is 1. The number of aromatic nitrogens is 2. The lowest BCUT2D eigenvalue weighted by Gasteiger charge is -1.98. The maximum atomic E-state index is 13.0. The molecule has 1 heterocycles. The highest BCUT2D eigenvalue weighted by molar-refractivity contribution is 6.30. The van der Waals surface area contributed by atoms with Crippen LogP contribution < -0.4 is 0 Å². The summed E-state index contributed by atoms with van der Waals surface area (Å²) in [5.41, 5.74) is 1.51. The van der Waals surface area contributed by atoms with E-state index < -0.39 is 5.82 Å². The van der Waals surface area contributed by atoms with Gasteiger partial charge in [0.05, 0.1) is 23.2 Å². The standard InChI is InChI=1S/C9H6ClFN2/c10-7-2-1-6(3-8(7)11)9-4-12-5-13-9/h1-5H,(H,12,13). The second kappa shape index (κ2) is 3.18. The van der Waals surface area contributed by atoms with Crippen LogP contribution in [-0.2, 0) is 0 Å². The molecule has 13 heavy (non-hydrogen) atoms. The maximum absolute atomic E-state index is 13.0. The Labute approximate surface area is 79.4 Å². The molecule has 1 aromatic carbocycles. The molecule has 0 unspecified atom stereocenters. The average molecular weight is 197 g/mol. The van der Waals surface area contributed by atoms with Gasteiger partial charge in [-0.15, -0.1) is 0 Å². The van der Waals surface area contributed by atoms with E-state index in [0.29, 0.717) is 0 Å². The molecule has 0 aliphatic carbocycles. The highest BCUT2D eigenvalue weighted by atomic mass is 35.5. The molecule has 0 saturated carbocycles. The number of H-pyrrole nitrogens is 1. The summed E-state index contributed by atoms with van der Waals surface area (Å²) in [5.74, 6) is -0.422. The average Bonchev–Trinajstić information content (AvgIpc) is 2.62. The van der Waals surface area contributed by atoms with Crippen LogP contribution in [-0.4, -0.2) is 9.97 Å². The monoisotopic (exact) mass is 196 g/mol. The summed E-state index contributed by atoms with van der Waals surface area (Å²) in [7, 11) is 0. The van der Waals surface area contributed by atoms with Crippen LogP contribution in [0.25, 0.3) is 11.3 Å². The zero-order chi connectivity index (χ0) is 9.26. The first-order valence-electron chi connectivity index (χ1n) is 3.71. The molecular weight excluding hydrogens is 191 g/mol. The van der Waals surface area contributed by atoms with Gasteiger partial charge in [-0.1, -0.05) is 17.7 Å². The summed E-state index contributed by atoms with van der Waals surface area (Å²) < 4.78 is 13.0. The fourth-order valence-electron chi connectivity index (χ4n) is 1.08. The van der Waals surface area contributed by atoms with E-state index >= 15 is 0 Å². The van der Waals surface area contributed by atoms with E-state index in [1.807, 2.05) is 0 Å². The van der Waals surface area contributed by atoms with Crippen molar-refractivity contribution < 1.29 is 4.39 Å². The van der Waals surface area contributed by atoms with Crippen molar-refractivity contribution in [2.45, 2.75) is 0 Å². The molecule has 2 rings (SSSR count). The Kier molecular flexibility index (Phi) is 2.02. The van der Waals surface area contributed by atoms with E-state index in [-0.39, 0.29) is 5.02 Å². The SMILES string of the molecule is Fc1cc(-c2cnc[nH]2)ccc1Cl. The number of nitrogens with zero attached hydrogens (tertiary/aromatic N) is 1. The van der Waals surface area contributed by atoms with Gasteiger partial charge < -0.3 is 4.98 Å². The minimum Gasteiger partial charge on any atom is -0.345 e. The molecule has 2 aromatic rings. The van der Waals surface area contributed by atoms with Crippen molar-refractivity contribution >= 4 is 11.6 Å². The van der Waals surface area contributed by atoms with Crippen LogP contribution >= 0.6 is 11.6 Å². The fourth-order valence-corrected chi connectivity index (χ4v) is 1.19. The summed E-state index contributed by atoms with van der Waals surface area (Å²) >= 11 is 5.54. The van der Waals surface area contributed by atoms with Crippen molar-refractivity contribution in [2.24, 2.45) is 0 Å². The molecule has 0 amide bonds. The number of benzene rings is 1. The van der Waals surface area contributed by atoms with Gasteiger partial charge >= 0.3 is 0 Å². The van der Waals surface area contributed by atoms with Crippen LogP contribution in [0.3, 0.4) is 0 Å². The van der Waals surface area contributed by atoms with Crippen molar-refractivity contribution in [1.82, 2.24) is 9.97 Å². The predicted octanol–water partition coefficient (Wildman–Crippen LogP) is 2.87. The van der Waals surface area contributed by atoms with E-state index in [1.54, 1.807) is 18.6 Å². The number of rotatable bonds is 1. The lowest BCUT2D eigenvalue weighted by molar-refractivity contribution is 0.628. The second-order valence-corrected chi connectivity index (χ2v) is 3.00. The Morgan fingerprint density at radius 2 is 2.23 bits per heavy atom. The van der Waals surface area contributed by atoms with E-state index in [0.717, 1.165) is 11.3 Å². The fraction of sp³-hybridized carbons (Fsp3) is 0. The van der Waals surface area contributed by atoms with Crippen molar-refractivity contribution in [3.63, 3.8) is 0 Å². The van der Waals surface area contributed by atoms with Gasteiger partial charge in [-0.2, -0.15) is 0 Å². The molecule has 0 spiro atoms. The number of halogens is 2. The second-order valence-electron chi connectivity index (χ2n) is 2.59. The van der Waals surface area contributed by atoms with Gasteiger partial charge in [-0.25, -0.2) is 9.37 Å². The quantitative estimate of drug-likeness (QED) is 0.747. The minimum absolute atomic E-state index is 0.128. The lowest BCUT2D eigenvalue weighted by Crippen LogP contribution is -1.80. The molecule has 0 aliphatic heterocycles. The Morgan fingerprint density at radius 3 is 2.85 bits per heavy atom. The molecular formula is C9H6ClFN2. The summed E-state index contributed by atoms with van der Waals surface area (Å²) in [6.45, 7) is 0. The molecule has 0 radical (unpaired) electrons. The third-order valence-corrected chi connectivity index (χ3v) is 2.04. The zero-order valence-corrected chi connectivity index (χ0v) is 7.35. The van der Waals surface area contributed by atoms with Crippen LogP contribution in [0.5, 0.6) is 0 Å². The molecule has 66 valence electrons. The van der Waals surface area contributed by atoms with Crippen molar-refractivity contribution in [2.75, 3.05) is 0 Å². The van der Waals surface area contributed by atoms with Crippen molar-refractivity contribution in [3.8, 4) is 11.3 Å². The molecule has 0 fully saturated rings. The lowest BCUT2D eigenvalue weighted by atomic mass is 10.2. The van der Waals surface area contributed by atoms with Gasteiger partial charge in [0, 0.05) is 5.56 Å². The van der Waals surface area contributed by atoms with Crippen molar-refractivity contribution in [1.29, 1.82) is 0 Å². The summed E-state index contributed by atoms with van der Waals surface area (Å²) in [6, 6.07) is 4.63. The maximum Gasteiger partial charge on any atom is 0.142 e. The number of nitrogens with one attached hydrogen (secondary N) is 1. The summed E-state index contributed by atoms with van der Waals surface area (Å²) in [4.78, 5) is 6.72. The Bertz CT molecular complexity index is 412. The number of hydrogen-bond acceptors (Lipinski definition) is 1. The molecule has 2 nitrogen and oxygen atoms in total. The van der Waals surface area contributed by atoms with Crippen LogP contribution in [0.4, 0.5) is 4.39 Å². The van der Waals surface area contributed by atoms with Gasteiger partial charge in [0.25, 0.3) is 0 Å². The van der Waals surface area contributed by atoms with Gasteiger partial charge in [0.2, 0.25) is 0 Å². The van der Waals surface area contributed by atoms with Crippen LogP contribution in [0.1, 0.15) is 0 Å². The first-order valence-corrected chi connectivity index (χ1v) is 4.09. The van der Waals surface area contributed by atoms with E-state index in [1.165, 1.54) is 12.1 Å². The Balaban J connectivity index is 2.49. The third kappa shape index (κ3) is 1.55. The van der Waals surface area contributed by atoms with E-state index in [2.05, 4.69) is 9.97 Å². The number of imidazole rings is 1. The Hall–Kier alpha value is -1.35. The van der Waals surface area contributed by atoms with Crippen LogP contribution in [0.2, 0.25) is 5.02 Å². The molecule has 0 bridgehead atoms. The van der Waals surface area contributed by atoms with E-state index in [9.17, 15) is 4.39 Å². The van der Waals surface area contributed by atoms with Gasteiger partial charge in [0.1, 0.15) is 5.82 Å². The third-order valence-electron chi connectivity index (χ3n) is 1.73. The summed E-state index contributed by atoms with van der Waals surface area (Å²) in [5, 5.41) is 0.128. The molecule has 0 saturated heterocycles. The van der Waals surface area contributed by atoms with Crippen LogP contribution in [0, 0.1) is 5.82 Å². The zero-order valence-electron chi connectivity index (χ0n) is 6.59. The summed E-state index contributed by atoms with van der Waals surface area (Å²) in [6.07, 6.45) is 3.17. The Morgan fingerprint density at radius 1 is 1.38 bits per heavy atom. The first-order chi connectivity index (χ1) is 6.27. The number of hydrogen-bond donors (Lipinski definition) is 1. The smallest absolute Gasteiger partial charge is 0.142 e. The highest BCUT2D eigenvalue weighted by Crippen LogP contribution is 2.21. The van der Waals surface area contributed by atoms with Crippen molar-refractivity contribution in [3.05, 3.63) is 41.6 Å². The molecule has 0 atom stereocenters. The van der Waals surface area contributed by atoms with Gasteiger partial charge in [0.15, 0.2) is 0 Å². The molecule has 0 aliphatic rings. The topological polar surface area (TPSA) is 28.7 Å². The van der Waals surface area contributed by atoms with Gasteiger partial charge in [-0.3, -0.25) is 0 Å². The first kappa shape index (κ1) is 8.26. The van der Waals surface area contributed by atoms with Gasteiger partial charge in [-0.05, 0) is 12.1 Å².